The number of halogens is 1. The van der Waals surface area contributed by atoms with Crippen molar-refractivity contribution in [3.8, 4) is 6.07 Å². The van der Waals surface area contributed by atoms with Gasteiger partial charge in [0.1, 0.15) is 28.3 Å². The Kier molecular flexibility index (Phi) is 5.31. The molecule has 0 saturated heterocycles. The summed E-state index contributed by atoms with van der Waals surface area (Å²) in [5.41, 5.74) is 2.33. The molecular weight excluding hydrogens is 373 g/mol. The summed E-state index contributed by atoms with van der Waals surface area (Å²) in [6, 6.07) is 8.73. The fourth-order valence-corrected chi connectivity index (χ4v) is 4.60. The van der Waals surface area contributed by atoms with E-state index in [1.54, 1.807) is 18.2 Å². The summed E-state index contributed by atoms with van der Waals surface area (Å²) in [7, 11) is 0. The number of benzene rings is 1. The van der Waals surface area contributed by atoms with Crippen LogP contribution < -0.4 is 0 Å². The minimum atomic E-state index is -0.273. The van der Waals surface area contributed by atoms with Crippen LogP contribution in [0.3, 0.4) is 0 Å². The van der Waals surface area contributed by atoms with Gasteiger partial charge in [-0.15, -0.1) is 16.8 Å². The SMILES string of the molecule is C=CCN1C(c2ccc(F)cc2)=CSC1=C(C#N)c1nnc2n1CCCCC2. The van der Waals surface area contributed by atoms with E-state index in [9.17, 15) is 9.65 Å². The van der Waals surface area contributed by atoms with Gasteiger partial charge in [-0.05, 0) is 42.7 Å². The molecule has 0 radical (unpaired) electrons. The van der Waals surface area contributed by atoms with Crippen LogP contribution in [0, 0.1) is 17.1 Å². The van der Waals surface area contributed by atoms with E-state index in [4.69, 9.17) is 0 Å². The molecule has 2 aromatic rings. The molecule has 7 heteroatoms. The third-order valence-electron chi connectivity index (χ3n) is 4.93. The van der Waals surface area contributed by atoms with Gasteiger partial charge in [0, 0.05) is 24.9 Å². The van der Waals surface area contributed by atoms with Crippen LogP contribution in [0.1, 0.15) is 36.5 Å². The van der Waals surface area contributed by atoms with Crippen LogP contribution in [0.4, 0.5) is 4.39 Å². The molecule has 0 amide bonds. The second kappa shape index (κ2) is 8.03. The average Bonchev–Trinajstić information content (AvgIpc) is 3.21. The first-order valence-electron chi connectivity index (χ1n) is 9.31. The molecule has 0 unspecified atom stereocenters. The zero-order valence-electron chi connectivity index (χ0n) is 15.4. The first-order valence-corrected chi connectivity index (χ1v) is 10.2. The van der Waals surface area contributed by atoms with Gasteiger partial charge in [0.25, 0.3) is 0 Å². The van der Waals surface area contributed by atoms with Gasteiger partial charge >= 0.3 is 0 Å². The first kappa shape index (κ1) is 18.5. The van der Waals surface area contributed by atoms with Crippen LogP contribution in [0.15, 0.2) is 47.4 Å². The Labute approximate surface area is 167 Å². The van der Waals surface area contributed by atoms with Gasteiger partial charge < -0.3 is 9.47 Å². The third-order valence-corrected chi connectivity index (χ3v) is 5.92. The maximum atomic E-state index is 13.3. The fourth-order valence-electron chi connectivity index (χ4n) is 3.56. The van der Waals surface area contributed by atoms with E-state index >= 15 is 0 Å². The molecular formula is C21H20FN5S. The molecule has 142 valence electrons. The summed E-state index contributed by atoms with van der Waals surface area (Å²) in [4.78, 5) is 2.03. The van der Waals surface area contributed by atoms with Crippen LogP contribution >= 0.6 is 11.8 Å². The highest BCUT2D eigenvalue weighted by atomic mass is 32.2. The Balaban J connectivity index is 1.77. The molecule has 2 aliphatic rings. The van der Waals surface area contributed by atoms with Crippen LogP contribution in [-0.4, -0.2) is 26.2 Å². The number of aromatic nitrogens is 3. The molecule has 1 aromatic heterocycles. The highest BCUT2D eigenvalue weighted by Gasteiger charge is 2.28. The first-order chi connectivity index (χ1) is 13.7. The molecule has 0 aliphatic carbocycles. The van der Waals surface area contributed by atoms with Crippen molar-refractivity contribution in [1.82, 2.24) is 19.7 Å². The molecule has 3 heterocycles. The van der Waals surface area contributed by atoms with Crippen LogP contribution in [0.5, 0.6) is 0 Å². The highest BCUT2D eigenvalue weighted by Crippen LogP contribution is 2.43. The van der Waals surface area contributed by atoms with E-state index in [-0.39, 0.29) is 5.82 Å². The molecule has 5 nitrogen and oxygen atoms in total. The predicted octanol–water partition coefficient (Wildman–Crippen LogP) is 4.57. The predicted molar refractivity (Wildman–Crippen MR) is 109 cm³/mol. The van der Waals surface area contributed by atoms with E-state index in [1.165, 1.54) is 23.9 Å². The smallest absolute Gasteiger partial charge is 0.177 e. The maximum absolute atomic E-state index is 13.3. The third kappa shape index (κ3) is 3.36. The summed E-state index contributed by atoms with van der Waals surface area (Å²) >= 11 is 1.48. The topological polar surface area (TPSA) is 57.7 Å². The zero-order chi connectivity index (χ0) is 19.5. The lowest BCUT2D eigenvalue weighted by Crippen LogP contribution is -2.18. The number of nitrogens with zero attached hydrogens (tertiary/aromatic N) is 5. The number of allylic oxidation sites excluding steroid dienone is 1. The minimum absolute atomic E-state index is 0.273. The number of aryl methyl sites for hydroxylation is 1. The summed E-state index contributed by atoms with van der Waals surface area (Å²) < 4.78 is 15.4. The zero-order valence-corrected chi connectivity index (χ0v) is 16.3. The number of hydrogen-bond acceptors (Lipinski definition) is 5. The number of nitriles is 1. The molecule has 0 saturated carbocycles. The van der Waals surface area contributed by atoms with E-state index in [2.05, 4.69) is 27.4 Å². The fraction of sp³-hybridized carbons (Fsp3) is 0.286. The standard InChI is InChI=1S/C21H20FN5S/c1-2-11-26-18(15-7-9-16(22)10-8-15)14-28-21(26)17(13-23)20-25-24-19-6-4-3-5-12-27(19)20/h2,7-10,14H,1,3-6,11-12H2. The summed E-state index contributed by atoms with van der Waals surface area (Å²) in [6.45, 7) is 5.23. The highest BCUT2D eigenvalue weighted by molar-refractivity contribution is 8.06. The van der Waals surface area contributed by atoms with Crippen molar-refractivity contribution in [3.63, 3.8) is 0 Å². The largest absolute Gasteiger partial charge is 0.330 e. The normalized spacial score (nSPS) is 18.1. The molecule has 0 atom stereocenters. The van der Waals surface area contributed by atoms with Gasteiger partial charge in [0.2, 0.25) is 0 Å². The molecule has 0 bridgehead atoms. The maximum Gasteiger partial charge on any atom is 0.177 e. The van der Waals surface area contributed by atoms with Gasteiger partial charge in [0.05, 0.1) is 5.70 Å². The van der Waals surface area contributed by atoms with Crippen LogP contribution in [0.2, 0.25) is 0 Å². The quantitative estimate of drug-likeness (QED) is 0.563. The Morgan fingerprint density at radius 2 is 2.07 bits per heavy atom. The van der Waals surface area contributed by atoms with Crippen molar-refractivity contribution in [2.45, 2.75) is 32.2 Å². The van der Waals surface area contributed by atoms with E-state index in [0.29, 0.717) is 17.9 Å². The van der Waals surface area contributed by atoms with Gasteiger partial charge in [-0.25, -0.2) is 4.39 Å². The number of thioether (sulfide) groups is 1. The minimum Gasteiger partial charge on any atom is -0.330 e. The van der Waals surface area contributed by atoms with Crippen molar-refractivity contribution in [1.29, 1.82) is 5.26 Å². The van der Waals surface area contributed by atoms with Crippen molar-refractivity contribution in [2.75, 3.05) is 6.54 Å². The van der Waals surface area contributed by atoms with Crippen molar-refractivity contribution in [2.24, 2.45) is 0 Å². The number of rotatable bonds is 4. The summed E-state index contributed by atoms with van der Waals surface area (Å²) in [6.07, 6.45) is 6.01. The molecule has 2 aliphatic heterocycles. The molecule has 0 spiro atoms. The van der Waals surface area contributed by atoms with Gasteiger partial charge in [0.15, 0.2) is 5.82 Å². The van der Waals surface area contributed by atoms with E-state index in [0.717, 1.165) is 54.3 Å². The van der Waals surface area contributed by atoms with Crippen molar-refractivity contribution < 1.29 is 4.39 Å². The molecule has 0 N–H and O–H groups in total. The molecule has 4 rings (SSSR count). The van der Waals surface area contributed by atoms with Gasteiger partial charge in [-0.2, -0.15) is 5.26 Å². The van der Waals surface area contributed by atoms with E-state index < -0.39 is 0 Å². The van der Waals surface area contributed by atoms with Crippen LogP contribution in [-0.2, 0) is 13.0 Å². The van der Waals surface area contributed by atoms with Crippen molar-refractivity contribution in [3.05, 3.63) is 70.4 Å². The Bertz CT molecular complexity index is 997. The van der Waals surface area contributed by atoms with Gasteiger partial charge in [-0.3, -0.25) is 0 Å². The summed E-state index contributed by atoms with van der Waals surface area (Å²) in [5.74, 6) is 1.31. The Morgan fingerprint density at radius 1 is 1.25 bits per heavy atom. The lowest BCUT2D eigenvalue weighted by molar-refractivity contribution is 0.585. The molecule has 28 heavy (non-hydrogen) atoms. The lowest BCUT2D eigenvalue weighted by atomic mass is 10.1. The monoisotopic (exact) mass is 393 g/mol. The second-order valence-corrected chi connectivity index (χ2v) is 7.58. The number of hydrogen-bond donors (Lipinski definition) is 0. The Morgan fingerprint density at radius 3 is 2.82 bits per heavy atom. The summed E-state index contributed by atoms with van der Waals surface area (Å²) in [5, 5.41) is 21.5. The second-order valence-electron chi connectivity index (χ2n) is 6.72. The molecule has 1 aromatic carbocycles. The lowest BCUT2D eigenvalue weighted by Gasteiger charge is -2.23. The molecule has 0 fully saturated rings. The van der Waals surface area contributed by atoms with Gasteiger partial charge in [-0.1, -0.05) is 24.3 Å². The average molecular weight is 393 g/mol. The van der Waals surface area contributed by atoms with E-state index in [1.807, 2.05) is 10.3 Å². The van der Waals surface area contributed by atoms with Crippen molar-refractivity contribution >= 4 is 23.0 Å². The Hall–Kier alpha value is -2.85. The van der Waals surface area contributed by atoms with Crippen LogP contribution in [0.25, 0.3) is 11.3 Å². The number of fused-ring (bicyclic) bond motifs is 1.